The summed E-state index contributed by atoms with van der Waals surface area (Å²) in [7, 11) is 1.54. The smallest absolute Gasteiger partial charge is 0.232 e. The number of aliphatic hydroxyl groups excluding tert-OH is 1. The minimum absolute atomic E-state index is 0.0144. The van der Waals surface area contributed by atoms with Crippen LogP contribution in [-0.4, -0.2) is 35.5 Å². The second kappa shape index (κ2) is 5.63. The number of amides is 2. The van der Waals surface area contributed by atoms with E-state index in [1.807, 2.05) is 0 Å². The minimum atomic E-state index is -0.907. The summed E-state index contributed by atoms with van der Waals surface area (Å²) in [5, 5.41) is 10.2. The molecule has 1 aromatic carbocycles. The predicted molar refractivity (Wildman–Crippen MR) is 73.0 cm³/mol. The standard InChI is InChI=1S/C15H19NO4/c1-9-10(2)15(19)16(14(9)18)8-13(17)11-5-4-6-12(7-11)20-3/h4-7,9-10,13,17H,8H2,1-3H3. The third-order valence-electron chi connectivity index (χ3n) is 3.90. The van der Waals surface area contributed by atoms with Crippen molar-refractivity contribution in [1.29, 1.82) is 0 Å². The number of nitrogens with zero attached hydrogens (tertiary/aromatic N) is 1. The molecule has 2 amide bonds. The Bertz CT molecular complexity index is 508. The number of benzene rings is 1. The molecule has 1 aliphatic rings. The summed E-state index contributed by atoms with van der Waals surface area (Å²) < 4.78 is 5.09. The van der Waals surface area contributed by atoms with Crippen LogP contribution >= 0.6 is 0 Å². The minimum Gasteiger partial charge on any atom is -0.497 e. The summed E-state index contributed by atoms with van der Waals surface area (Å²) in [4.78, 5) is 25.1. The molecule has 5 heteroatoms. The van der Waals surface area contributed by atoms with E-state index in [2.05, 4.69) is 0 Å². The lowest BCUT2D eigenvalue weighted by atomic mass is 10.00. The topological polar surface area (TPSA) is 66.8 Å². The van der Waals surface area contributed by atoms with Crippen LogP contribution in [0.25, 0.3) is 0 Å². The van der Waals surface area contributed by atoms with Gasteiger partial charge in [0.2, 0.25) is 11.8 Å². The van der Waals surface area contributed by atoms with Crippen LogP contribution in [0.1, 0.15) is 25.5 Å². The van der Waals surface area contributed by atoms with Gasteiger partial charge in [0, 0.05) is 11.8 Å². The highest BCUT2D eigenvalue weighted by atomic mass is 16.5. The predicted octanol–water partition coefficient (Wildman–Crippen LogP) is 1.37. The van der Waals surface area contributed by atoms with Gasteiger partial charge in [0.15, 0.2) is 0 Å². The molecule has 1 N–H and O–H groups in total. The molecule has 0 saturated carbocycles. The maximum atomic E-state index is 12.0. The van der Waals surface area contributed by atoms with E-state index in [0.717, 1.165) is 4.90 Å². The first kappa shape index (κ1) is 14.5. The maximum Gasteiger partial charge on any atom is 0.232 e. The lowest BCUT2D eigenvalue weighted by Gasteiger charge is -2.19. The van der Waals surface area contributed by atoms with Crippen molar-refractivity contribution < 1.29 is 19.4 Å². The number of hydrogen-bond acceptors (Lipinski definition) is 4. The molecule has 0 radical (unpaired) electrons. The molecule has 2 rings (SSSR count). The molecule has 1 fully saturated rings. The Hall–Kier alpha value is -1.88. The van der Waals surface area contributed by atoms with Crippen LogP contribution in [0.5, 0.6) is 5.75 Å². The van der Waals surface area contributed by atoms with E-state index in [4.69, 9.17) is 4.74 Å². The van der Waals surface area contributed by atoms with Crippen molar-refractivity contribution in [3.63, 3.8) is 0 Å². The molecule has 20 heavy (non-hydrogen) atoms. The van der Waals surface area contributed by atoms with Gasteiger partial charge in [-0.05, 0) is 17.7 Å². The summed E-state index contributed by atoms with van der Waals surface area (Å²) >= 11 is 0. The van der Waals surface area contributed by atoms with Gasteiger partial charge in [-0.1, -0.05) is 26.0 Å². The fraction of sp³-hybridized carbons (Fsp3) is 0.467. The molecule has 3 unspecified atom stereocenters. The zero-order valence-corrected chi connectivity index (χ0v) is 11.9. The van der Waals surface area contributed by atoms with E-state index < -0.39 is 6.10 Å². The zero-order chi connectivity index (χ0) is 14.9. The second-order valence-corrected chi connectivity index (χ2v) is 5.16. The number of ether oxygens (including phenoxy) is 1. The van der Waals surface area contributed by atoms with Gasteiger partial charge in [-0.3, -0.25) is 14.5 Å². The van der Waals surface area contributed by atoms with Gasteiger partial charge < -0.3 is 9.84 Å². The van der Waals surface area contributed by atoms with E-state index in [9.17, 15) is 14.7 Å². The molecule has 1 aromatic rings. The van der Waals surface area contributed by atoms with Gasteiger partial charge in [0.1, 0.15) is 5.75 Å². The van der Waals surface area contributed by atoms with Gasteiger partial charge in [0.05, 0.1) is 19.8 Å². The number of aliphatic hydroxyl groups is 1. The van der Waals surface area contributed by atoms with Crippen LogP contribution in [0.15, 0.2) is 24.3 Å². The second-order valence-electron chi connectivity index (χ2n) is 5.16. The molecule has 0 spiro atoms. The first-order chi connectivity index (χ1) is 9.45. The fourth-order valence-electron chi connectivity index (χ4n) is 2.34. The summed E-state index contributed by atoms with van der Waals surface area (Å²) in [5.41, 5.74) is 0.622. The van der Waals surface area contributed by atoms with Crippen LogP contribution in [0.3, 0.4) is 0 Å². The Kier molecular flexibility index (Phi) is 4.09. The average Bonchev–Trinajstić information content (AvgIpc) is 2.65. The molecule has 1 heterocycles. The van der Waals surface area contributed by atoms with Gasteiger partial charge in [-0.15, -0.1) is 0 Å². The lowest BCUT2D eigenvalue weighted by Crippen LogP contribution is -2.34. The summed E-state index contributed by atoms with van der Waals surface area (Å²) in [5.74, 6) is -0.448. The van der Waals surface area contributed by atoms with E-state index in [1.54, 1.807) is 45.2 Å². The number of β-amino-alcohol motifs (C(OH)–C–C–N with tert-alkyl or cyclic N) is 1. The van der Waals surface area contributed by atoms with Crippen LogP contribution in [0.4, 0.5) is 0 Å². The molecule has 0 aliphatic carbocycles. The first-order valence-corrected chi connectivity index (χ1v) is 6.63. The van der Waals surface area contributed by atoms with Crippen LogP contribution in [-0.2, 0) is 9.59 Å². The van der Waals surface area contributed by atoms with Crippen molar-refractivity contribution in [2.75, 3.05) is 13.7 Å². The summed E-state index contributed by atoms with van der Waals surface area (Å²) in [6.07, 6.45) is -0.907. The third kappa shape index (κ3) is 2.54. The van der Waals surface area contributed by atoms with Gasteiger partial charge in [0.25, 0.3) is 0 Å². The number of methoxy groups -OCH3 is 1. The number of imide groups is 1. The number of carbonyl (C=O) groups excluding carboxylic acids is 2. The van der Waals surface area contributed by atoms with E-state index in [0.29, 0.717) is 11.3 Å². The molecule has 0 aromatic heterocycles. The van der Waals surface area contributed by atoms with Gasteiger partial charge in [-0.25, -0.2) is 0 Å². The number of carbonyl (C=O) groups is 2. The van der Waals surface area contributed by atoms with Crippen molar-refractivity contribution in [2.45, 2.75) is 20.0 Å². The fourth-order valence-corrected chi connectivity index (χ4v) is 2.34. The molecular weight excluding hydrogens is 258 g/mol. The van der Waals surface area contributed by atoms with Crippen molar-refractivity contribution in [1.82, 2.24) is 4.90 Å². The van der Waals surface area contributed by atoms with Gasteiger partial charge in [-0.2, -0.15) is 0 Å². The van der Waals surface area contributed by atoms with Crippen LogP contribution < -0.4 is 4.74 Å². The SMILES string of the molecule is COc1cccc(C(O)CN2C(=O)C(C)C(C)C2=O)c1. The Morgan fingerprint density at radius 3 is 2.40 bits per heavy atom. The number of hydrogen-bond donors (Lipinski definition) is 1. The van der Waals surface area contributed by atoms with Gasteiger partial charge >= 0.3 is 0 Å². The quantitative estimate of drug-likeness (QED) is 0.844. The summed E-state index contributed by atoms with van der Waals surface area (Å²) in [6.45, 7) is 3.46. The molecule has 3 atom stereocenters. The third-order valence-corrected chi connectivity index (χ3v) is 3.90. The molecule has 108 valence electrons. The Balaban J connectivity index is 2.13. The van der Waals surface area contributed by atoms with E-state index >= 15 is 0 Å². The highest BCUT2D eigenvalue weighted by molar-refractivity contribution is 6.04. The van der Waals surface area contributed by atoms with Crippen LogP contribution in [0, 0.1) is 11.8 Å². The monoisotopic (exact) mass is 277 g/mol. The molecular formula is C15H19NO4. The molecule has 5 nitrogen and oxygen atoms in total. The molecule has 1 aliphatic heterocycles. The average molecular weight is 277 g/mol. The van der Waals surface area contributed by atoms with E-state index in [-0.39, 0.29) is 30.2 Å². The highest BCUT2D eigenvalue weighted by Crippen LogP contribution is 2.28. The molecule has 1 saturated heterocycles. The molecule has 0 bridgehead atoms. The highest BCUT2D eigenvalue weighted by Gasteiger charge is 2.42. The van der Waals surface area contributed by atoms with Crippen molar-refractivity contribution in [2.24, 2.45) is 11.8 Å². The normalized spacial score (nSPS) is 24.1. The maximum absolute atomic E-state index is 12.0. The first-order valence-electron chi connectivity index (χ1n) is 6.63. The van der Waals surface area contributed by atoms with Crippen molar-refractivity contribution in [3.05, 3.63) is 29.8 Å². The van der Waals surface area contributed by atoms with Crippen LogP contribution in [0.2, 0.25) is 0 Å². The number of likely N-dealkylation sites (tertiary alicyclic amines) is 1. The Morgan fingerprint density at radius 2 is 1.85 bits per heavy atom. The number of rotatable bonds is 4. The Labute approximate surface area is 118 Å². The van der Waals surface area contributed by atoms with E-state index in [1.165, 1.54) is 0 Å². The largest absolute Gasteiger partial charge is 0.497 e. The van der Waals surface area contributed by atoms with Crippen molar-refractivity contribution >= 4 is 11.8 Å². The zero-order valence-electron chi connectivity index (χ0n) is 11.9. The lowest BCUT2D eigenvalue weighted by molar-refractivity contribution is -0.141. The van der Waals surface area contributed by atoms with Crippen molar-refractivity contribution in [3.8, 4) is 5.75 Å². The summed E-state index contributed by atoms with van der Waals surface area (Å²) in [6, 6.07) is 6.97. The Morgan fingerprint density at radius 1 is 1.25 bits per heavy atom.